The van der Waals surface area contributed by atoms with E-state index in [2.05, 4.69) is 10.3 Å². The minimum atomic E-state index is 0.0752. The lowest BCUT2D eigenvalue weighted by molar-refractivity contribution is 0.0787. The maximum atomic E-state index is 12.8. The minimum absolute atomic E-state index is 0.0752. The molecule has 2 heterocycles. The van der Waals surface area contributed by atoms with Gasteiger partial charge in [0.05, 0.1) is 12.2 Å². The number of anilines is 1. The van der Waals surface area contributed by atoms with Crippen molar-refractivity contribution < 1.29 is 4.79 Å². The van der Waals surface area contributed by atoms with Gasteiger partial charge in [0, 0.05) is 44.0 Å². The zero-order valence-electron chi connectivity index (χ0n) is 15.6. The van der Waals surface area contributed by atoms with Crippen molar-refractivity contribution in [1.82, 2.24) is 19.9 Å². The zero-order valence-corrected chi connectivity index (χ0v) is 15.6. The topological polar surface area (TPSA) is 54.3 Å². The molecule has 0 N–H and O–H groups in total. The van der Waals surface area contributed by atoms with Crippen LogP contribution in [0.1, 0.15) is 22.8 Å². The van der Waals surface area contributed by atoms with Gasteiger partial charge in [-0.25, -0.2) is 4.68 Å². The minimum Gasteiger partial charge on any atom is -0.378 e. The van der Waals surface area contributed by atoms with Gasteiger partial charge in [-0.05, 0) is 30.7 Å². The van der Waals surface area contributed by atoms with Crippen molar-refractivity contribution in [1.29, 1.82) is 0 Å². The number of carbonyl (C=O) groups is 1. The summed E-state index contributed by atoms with van der Waals surface area (Å²) in [5.74, 6) is 0.0752. The summed E-state index contributed by atoms with van der Waals surface area (Å²) in [6.45, 7) is 1.39. The van der Waals surface area contributed by atoms with Gasteiger partial charge >= 0.3 is 0 Å². The van der Waals surface area contributed by atoms with E-state index in [-0.39, 0.29) is 11.9 Å². The summed E-state index contributed by atoms with van der Waals surface area (Å²) in [5.41, 5.74) is 3.72. The smallest absolute Gasteiger partial charge is 0.253 e. The fourth-order valence-corrected chi connectivity index (χ4v) is 3.42. The van der Waals surface area contributed by atoms with Gasteiger partial charge in [-0.1, -0.05) is 35.5 Å². The number of aromatic nitrogens is 3. The lowest BCUT2D eigenvalue weighted by Gasteiger charge is -2.18. The first-order valence-corrected chi connectivity index (χ1v) is 9.16. The average Bonchev–Trinajstić information content (AvgIpc) is 3.38. The Morgan fingerprint density at radius 3 is 2.52 bits per heavy atom. The highest BCUT2D eigenvalue weighted by atomic mass is 16.2. The third-order valence-corrected chi connectivity index (χ3v) is 5.04. The first-order chi connectivity index (χ1) is 13.1. The van der Waals surface area contributed by atoms with Gasteiger partial charge in [0.25, 0.3) is 5.91 Å². The molecule has 0 bridgehead atoms. The Kier molecular flexibility index (Phi) is 4.62. The molecule has 138 valence electrons. The molecule has 1 unspecified atom stereocenters. The molecular formula is C21H23N5O. The first-order valence-electron chi connectivity index (χ1n) is 9.16. The molecule has 2 aromatic carbocycles. The number of carbonyl (C=O) groups excluding carboxylic acids is 1. The summed E-state index contributed by atoms with van der Waals surface area (Å²) in [7, 11) is 3.98. The summed E-state index contributed by atoms with van der Waals surface area (Å²) in [6, 6.07) is 17.9. The summed E-state index contributed by atoms with van der Waals surface area (Å²) in [5, 5.41) is 8.59. The largest absolute Gasteiger partial charge is 0.378 e. The highest BCUT2D eigenvalue weighted by Gasteiger charge is 2.29. The second-order valence-corrected chi connectivity index (χ2v) is 7.08. The Bertz CT molecular complexity index is 917. The van der Waals surface area contributed by atoms with Crippen molar-refractivity contribution in [2.75, 3.05) is 32.1 Å². The van der Waals surface area contributed by atoms with Crippen molar-refractivity contribution in [3.8, 4) is 11.3 Å². The van der Waals surface area contributed by atoms with E-state index >= 15 is 0 Å². The molecule has 0 radical (unpaired) electrons. The SMILES string of the molecule is CN(C)c1ccc(C(=O)N2CCC(n3cc(-c4ccccc4)nn3)C2)cc1. The van der Waals surface area contributed by atoms with Gasteiger partial charge in [0.2, 0.25) is 0 Å². The average molecular weight is 361 g/mol. The predicted molar refractivity (Wildman–Crippen MR) is 106 cm³/mol. The van der Waals surface area contributed by atoms with Gasteiger partial charge in [0.15, 0.2) is 0 Å². The van der Waals surface area contributed by atoms with Crippen LogP contribution in [-0.2, 0) is 0 Å². The quantitative estimate of drug-likeness (QED) is 0.717. The Labute approximate surface area is 159 Å². The first kappa shape index (κ1) is 17.3. The van der Waals surface area contributed by atoms with E-state index in [0.717, 1.165) is 35.5 Å². The molecule has 1 aliphatic heterocycles. The molecule has 0 saturated carbocycles. The number of nitrogens with zero attached hydrogens (tertiary/aromatic N) is 5. The van der Waals surface area contributed by atoms with Gasteiger partial charge in [-0.2, -0.15) is 0 Å². The molecule has 6 heteroatoms. The Morgan fingerprint density at radius 1 is 1.07 bits per heavy atom. The van der Waals surface area contributed by atoms with Crippen LogP contribution >= 0.6 is 0 Å². The number of hydrogen-bond donors (Lipinski definition) is 0. The second kappa shape index (κ2) is 7.23. The molecule has 0 aliphatic carbocycles. The predicted octanol–water partition coefficient (Wildman–Crippen LogP) is 3.10. The fraction of sp³-hybridized carbons (Fsp3) is 0.286. The van der Waals surface area contributed by atoms with E-state index < -0.39 is 0 Å². The lowest BCUT2D eigenvalue weighted by Crippen LogP contribution is -2.29. The van der Waals surface area contributed by atoms with Crippen LogP contribution in [0.5, 0.6) is 0 Å². The lowest BCUT2D eigenvalue weighted by atomic mass is 10.2. The van der Waals surface area contributed by atoms with Crippen molar-refractivity contribution in [2.24, 2.45) is 0 Å². The summed E-state index contributed by atoms with van der Waals surface area (Å²) in [4.78, 5) is 16.7. The normalized spacial score (nSPS) is 16.5. The van der Waals surface area contributed by atoms with Crippen molar-refractivity contribution >= 4 is 11.6 Å². The molecule has 1 fully saturated rings. The number of amides is 1. The maximum Gasteiger partial charge on any atom is 0.253 e. The van der Waals surface area contributed by atoms with E-state index in [4.69, 9.17) is 0 Å². The molecule has 6 nitrogen and oxygen atoms in total. The van der Waals surface area contributed by atoms with Crippen LogP contribution in [0, 0.1) is 0 Å². The Morgan fingerprint density at radius 2 is 1.81 bits per heavy atom. The molecule has 1 aromatic heterocycles. The van der Waals surface area contributed by atoms with Crippen LogP contribution in [0.4, 0.5) is 5.69 Å². The van der Waals surface area contributed by atoms with Gasteiger partial charge in [-0.3, -0.25) is 4.79 Å². The molecule has 1 saturated heterocycles. The summed E-state index contributed by atoms with van der Waals surface area (Å²) in [6.07, 6.45) is 2.86. The third-order valence-electron chi connectivity index (χ3n) is 5.04. The number of likely N-dealkylation sites (tertiary alicyclic amines) is 1. The summed E-state index contributed by atoms with van der Waals surface area (Å²) < 4.78 is 1.89. The van der Waals surface area contributed by atoms with Crippen LogP contribution in [0.15, 0.2) is 60.8 Å². The van der Waals surface area contributed by atoms with Crippen molar-refractivity contribution in [2.45, 2.75) is 12.5 Å². The van der Waals surface area contributed by atoms with Crippen LogP contribution in [0.25, 0.3) is 11.3 Å². The molecule has 1 amide bonds. The summed E-state index contributed by atoms with van der Waals surface area (Å²) >= 11 is 0. The van der Waals surface area contributed by atoms with Crippen LogP contribution in [0.2, 0.25) is 0 Å². The van der Waals surface area contributed by atoms with E-state index in [1.165, 1.54) is 0 Å². The molecular weight excluding hydrogens is 338 g/mol. The highest BCUT2D eigenvalue weighted by Crippen LogP contribution is 2.25. The van der Waals surface area contributed by atoms with E-state index in [9.17, 15) is 4.79 Å². The maximum absolute atomic E-state index is 12.8. The van der Waals surface area contributed by atoms with Crippen molar-refractivity contribution in [3.63, 3.8) is 0 Å². The van der Waals surface area contributed by atoms with Crippen LogP contribution in [0.3, 0.4) is 0 Å². The van der Waals surface area contributed by atoms with Gasteiger partial charge < -0.3 is 9.80 Å². The Hall–Kier alpha value is -3.15. The molecule has 1 atom stereocenters. The van der Waals surface area contributed by atoms with Crippen LogP contribution < -0.4 is 4.90 Å². The standard InChI is InChI=1S/C21H23N5O/c1-24(2)18-10-8-17(9-11-18)21(27)25-13-12-19(14-25)26-15-20(22-23-26)16-6-4-3-5-7-16/h3-11,15,19H,12-14H2,1-2H3. The van der Waals surface area contributed by atoms with Gasteiger partial charge in [0.1, 0.15) is 5.69 Å². The van der Waals surface area contributed by atoms with E-state index in [1.807, 2.05) is 89.4 Å². The highest BCUT2D eigenvalue weighted by molar-refractivity contribution is 5.94. The molecule has 4 rings (SSSR count). The van der Waals surface area contributed by atoms with Crippen LogP contribution in [-0.4, -0.2) is 53.0 Å². The molecule has 3 aromatic rings. The molecule has 1 aliphatic rings. The third kappa shape index (κ3) is 3.56. The fourth-order valence-electron chi connectivity index (χ4n) is 3.42. The number of rotatable bonds is 4. The molecule has 27 heavy (non-hydrogen) atoms. The van der Waals surface area contributed by atoms with Gasteiger partial charge in [-0.15, -0.1) is 5.10 Å². The Balaban J connectivity index is 1.44. The van der Waals surface area contributed by atoms with E-state index in [0.29, 0.717) is 6.54 Å². The number of benzene rings is 2. The van der Waals surface area contributed by atoms with Crippen molar-refractivity contribution in [3.05, 3.63) is 66.4 Å². The monoisotopic (exact) mass is 361 g/mol. The zero-order chi connectivity index (χ0) is 18.8. The molecule has 0 spiro atoms. The second-order valence-electron chi connectivity index (χ2n) is 7.08. The van der Waals surface area contributed by atoms with E-state index in [1.54, 1.807) is 0 Å². The number of hydrogen-bond acceptors (Lipinski definition) is 4.